The van der Waals surface area contributed by atoms with Gasteiger partial charge >= 0.3 is 12.1 Å². The maximum absolute atomic E-state index is 12.6. The summed E-state index contributed by atoms with van der Waals surface area (Å²) < 4.78 is 63.2. The second-order valence-electron chi connectivity index (χ2n) is 7.11. The van der Waals surface area contributed by atoms with Crippen molar-refractivity contribution in [2.24, 2.45) is 0 Å². The Hall–Kier alpha value is -0.870. The predicted molar refractivity (Wildman–Crippen MR) is 92.1 cm³/mol. The molecule has 10 heteroatoms. The fourth-order valence-corrected chi connectivity index (χ4v) is 5.04. The number of hydrogen-bond acceptors (Lipinski definition) is 4. The fourth-order valence-electron chi connectivity index (χ4n) is 3.96. The molecule has 6 nitrogen and oxygen atoms in total. The first kappa shape index (κ1) is 21.4. The molecule has 0 unspecified atom stereocenters. The van der Waals surface area contributed by atoms with Crippen molar-refractivity contribution < 1.29 is 26.4 Å². The molecule has 0 bridgehead atoms. The maximum atomic E-state index is 12.6. The van der Waals surface area contributed by atoms with Crippen LogP contribution in [-0.4, -0.2) is 73.7 Å². The number of halogens is 3. The lowest BCUT2D eigenvalue weighted by molar-refractivity contribution is -0.174. The Morgan fingerprint density at radius 3 is 2.04 bits per heavy atom. The molecule has 0 aromatic carbocycles. The van der Waals surface area contributed by atoms with Gasteiger partial charge < -0.3 is 5.32 Å². The van der Waals surface area contributed by atoms with Crippen molar-refractivity contribution in [1.82, 2.24) is 14.5 Å². The molecule has 1 amide bonds. The van der Waals surface area contributed by atoms with Crippen molar-refractivity contribution in [2.75, 3.05) is 38.5 Å². The van der Waals surface area contributed by atoms with Gasteiger partial charge in [0.2, 0.25) is 10.0 Å². The monoisotopic (exact) mass is 399 g/mol. The van der Waals surface area contributed by atoms with Crippen LogP contribution in [0.4, 0.5) is 13.2 Å². The van der Waals surface area contributed by atoms with E-state index < -0.39 is 27.6 Å². The van der Waals surface area contributed by atoms with Crippen molar-refractivity contribution in [1.29, 1.82) is 0 Å². The summed E-state index contributed by atoms with van der Waals surface area (Å²) in [4.78, 5) is 13.4. The molecule has 0 radical (unpaired) electrons. The van der Waals surface area contributed by atoms with Crippen LogP contribution in [-0.2, 0) is 14.8 Å². The third-order valence-corrected chi connectivity index (χ3v) is 7.42. The zero-order valence-electron chi connectivity index (χ0n) is 15.1. The summed E-state index contributed by atoms with van der Waals surface area (Å²) >= 11 is 0. The normalized spacial score (nSPS) is 23.4. The van der Waals surface area contributed by atoms with Gasteiger partial charge in [-0.15, -0.1) is 0 Å². The van der Waals surface area contributed by atoms with Crippen LogP contribution in [0, 0.1) is 0 Å². The predicted octanol–water partition coefficient (Wildman–Crippen LogP) is 1.73. The second kappa shape index (κ2) is 8.43. The molecule has 0 aromatic rings. The Bertz CT molecular complexity index is 579. The van der Waals surface area contributed by atoms with Gasteiger partial charge in [0, 0.05) is 38.3 Å². The molecule has 1 saturated carbocycles. The van der Waals surface area contributed by atoms with Crippen LogP contribution in [0.3, 0.4) is 0 Å². The number of alkyl halides is 3. The third kappa shape index (κ3) is 5.10. The highest BCUT2D eigenvalue weighted by Crippen LogP contribution is 2.33. The van der Waals surface area contributed by atoms with Crippen molar-refractivity contribution in [3.63, 3.8) is 0 Å². The van der Waals surface area contributed by atoms with E-state index in [-0.39, 0.29) is 12.3 Å². The summed E-state index contributed by atoms with van der Waals surface area (Å²) in [5.41, 5.74) is -0.528. The van der Waals surface area contributed by atoms with Gasteiger partial charge in [0.1, 0.15) is 0 Å². The van der Waals surface area contributed by atoms with Crippen LogP contribution >= 0.6 is 0 Å². The Morgan fingerprint density at radius 2 is 1.58 bits per heavy atom. The highest BCUT2D eigenvalue weighted by Gasteiger charge is 2.43. The van der Waals surface area contributed by atoms with Crippen molar-refractivity contribution in [3.05, 3.63) is 0 Å². The molecular formula is C16H28F3N3O3S. The molecule has 0 spiro atoms. The minimum Gasteiger partial charge on any atom is -0.346 e. The van der Waals surface area contributed by atoms with E-state index in [1.807, 2.05) is 0 Å². The third-order valence-electron chi connectivity index (χ3n) is 5.54. The number of rotatable bonds is 5. The molecule has 1 N–H and O–H groups in total. The molecule has 2 rings (SSSR count). The zero-order chi connectivity index (χ0) is 19.4. The molecule has 1 heterocycles. The van der Waals surface area contributed by atoms with Crippen LogP contribution < -0.4 is 5.32 Å². The molecule has 26 heavy (non-hydrogen) atoms. The first-order valence-corrected chi connectivity index (χ1v) is 10.8. The van der Waals surface area contributed by atoms with Crippen LogP contribution in [0.15, 0.2) is 0 Å². The van der Waals surface area contributed by atoms with Crippen LogP contribution in [0.1, 0.15) is 45.4 Å². The highest BCUT2D eigenvalue weighted by atomic mass is 32.2. The van der Waals surface area contributed by atoms with Crippen molar-refractivity contribution in [2.45, 2.75) is 57.2 Å². The number of hydrogen-bond donors (Lipinski definition) is 1. The van der Waals surface area contributed by atoms with E-state index in [9.17, 15) is 26.4 Å². The number of carbonyl (C=O) groups excluding carboxylic acids is 1. The number of piperazine rings is 1. The summed E-state index contributed by atoms with van der Waals surface area (Å²) in [5, 5.41) is 2.07. The fraction of sp³-hybridized carbons (Fsp3) is 0.938. The summed E-state index contributed by atoms with van der Waals surface area (Å²) in [6.07, 6.45) is 0.389. The SMILES string of the molecule is CCS(=O)(=O)N1CCN(C2(CNC(=O)C(F)(F)F)CCCCCC2)CC1. The molecule has 1 aliphatic carbocycles. The van der Waals surface area contributed by atoms with Crippen LogP contribution in [0.25, 0.3) is 0 Å². The van der Waals surface area contributed by atoms with Gasteiger partial charge in [-0.1, -0.05) is 25.7 Å². The number of carbonyl (C=O) groups is 1. The van der Waals surface area contributed by atoms with E-state index in [1.54, 1.807) is 6.92 Å². The van der Waals surface area contributed by atoms with Crippen LogP contribution in [0.5, 0.6) is 0 Å². The van der Waals surface area contributed by atoms with Gasteiger partial charge in [-0.2, -0.15) is 17.5 Å². The first-order chi connectivity index (χ1) is 12.1. The molecule has 0 atom stereocenters. The lowest BCUT2D eigenvalue weighted by atomic mass is 9.87. The molecule has 0 aromatic heterocycles. The highest BCUT2D eigenvalue weighted by molar-refractivity contribution is 7.89. The Balaban J connectivity index is 2.09. The maximum Gasteiger partial charge on any atom is 0.471 e. The summed E-state index contributed by atoms with van der Waals surface area (Å²) in [6.45, 7) is 3.17. The Kier molecular flexibility index (Phi) is 6.95. The molecule has 152 valence electrons. The molecular weight excluding hydrogens is 371 g/mol. The van der Waals surface area contributed by atoms with E-state index in [0.717, 1.165) is 25.7 Å². The largest absolute Gasteiger partial charge is 0.471 e. The molecule has 2 fully saturated rings. The van der Waals surface area contributed by atoms with Gasteiger partial charge in [-0.3, -0.25) is 9.69 Å². The summed E-state index contributed by atoms with van der Waals surface area (Å²) in [6, 6.07) is 0. The number of sulfonamides is 1. The lowest BCUT2D eigenvalue weighted by Crippen LogP contribution is -2.62. The first-order valence-electron chi connectivity index (χ1n) is 9.19. The average Bonchev–Trinajstić information content (AvgIpc) is 2.85. The smallest absolute Gasteiger partial charge is 0.346 e. The van der Waals surface area contributed by atoms with Gasteiger partial charge in [-0.05, 0) is 19.8 Å². The van der Waals surface area contributed by atoms with Crippen molar-refractivity contribution >= 4 is 15.9 Å². The van der Waals surface area contributed by atoms with Crippen molar-refractivity contribution in [3.8, 4) is 0 Å². The number of nitrogens with zero attached hydrogens (tertiary/aromatic N) is 2. The lowest BCUT2D eigenvalue weighted by Gasteiger charge is -2.47. The van der Waals surface area contributed by atoms with Crippen LogP contribution in [0.2, 0.25) is 0 Å². The molecule has 1 saturated heterocycles. The van der Waals surface area contributed by atoms with Gasteiger partial charge in [0.25, 0.3) is 0 Å². The van der Waals surface area contributed by atoms with Gasteiger partial charge in [-0.25, -0.2) is 8.42 Å². The minimum atomic E-state index is -4.89. The summed E-state index contributed by atoms with van der Waals surface area (Å²) in [7, 11) is -3.26. The Labute approximate surface area is 153 Å². The second-order valence-corrected chi connectivity index (χ2v) is 9.36. The van der Waals surface area contributed by atoms with E-state index in [2.05, 4.69) is 10.2 Å². The van der Waals surface area contributed by atoms with E-state index in [4.69, 9.17) is 0 Å². The number of amides is 1. The zero-order valence-corrected chi connectivity index (χ0v) is 16.0. The Morgan fingerprint density at radius 1 is 1.04 bits per heavy atom. The summed E-state index contributed by atoms with van der Waals surface area (Å²) in [5.74, 6) is -1.87. The van der Waals surface area contributed by atoms with E-state index >= 15 is 0 Å². The van der Waals surface area contributed by atoms with E-state index in [0.29, 0.717) is 39.0 Å². The van der Waals surface area contributed by atoms with Gasteiger partial charge in [0.15, 0.2) is 0 Å². The topological polar surface area (TPSA) is 69.7 Å². The molecule has 2 aliphatic rings. The van der Waals surface area contributed by atoms with E-state index in [1.165, 1.54) is 4.31 Å². The quantitative estimate of drug-likeness (QED) is 0.715. The molecule has 1 aliphatic heterocycles. The standard InChI is InChI=1S/C16H28F3N3O3S/c1-2-26(24,25)22-11-9-21(10-12-22)15(7-5-3-4-6-8-15)13-20-14(23)16(17,18)19/h2-13H2,1H3,(H,20,23). The minimum absolute atomic E-state index is 0.0415. The number of nitrogens with one attached hydrogen (secondary N) is 1. The van der Waals surface area contributed by atoms with Gasteiger partial charge in [0.05, 0.1) is 5.75 Å². The average molecular weight is 399 g/mol.